The average Bonchev–Trinajstić information content (AvgIpc) is 2.73. The summed E-state index contributed by atoms with van der Waals surface area (Å²) in [4.78, 5) is 30.1. The van der Waals surface area contributed by atoms with Gasteiger partial charge < -0.3 is 20.9 Å². The third-order valence-electron chi connectivity index (χ3n) is 5.39. The number of aromatic nitrogens is 1. The molecule has 1 aliphatic heterocycles. The van der Waals surface area contributed by atoms with E-state index in [0.717, 1.165) is 21.9 Å². The number of pyridine rings is 1. The second-order valence-corrected chi connectivity index (χ2v) is 7.25. The van der Waals surface area contributed by atoms with Crippen LogP contribution in [0, 0.1) is 0 Å². The number of nitrogens with one attached hydrogen (secondary N) is 1. The second kappa shape index (κ2) is 7.65. The van der Waals surface area contributed by atoms with Gasteiger partial charge in [0.1, 0.15) is 5.78 Å². The summed E-state index contributed by atoms with van der Waals surface area (Å²) in [5.74, 6) is -0.493. The van der Waals surface area contributed by atoms with E-state index < -0.39 is 13.0 Å². The molecule has 2 aromatic carbocycles. The van der Waals surface area contributed by atoms with E-state index in [9.17, 15) is 14.6 Å². The number of amides is 2. The number of carbonyl (C=O) groups excluding carboxylic acids is 2. The smallest absolute Gasteiger partial charge is 0.428 e. The molecule has 2 heterocycles. The van der Waals surface area contributed by atoms with Gasteiger partial charge in [0.25, 0.3) is 0 Å². The van der Waals surface area contributed by atoms with Gasteiger partial charge in [0, 0.05) is 43.5 Å². The summed E-state index contributed by atoms with van der Waals surface area (Å²) in [6.07, 6.45) is 3.78. The van der Waals surface area contributed by atoms with Crippen LogP contribution in [0.2, 0.25) is 0 Å². The van der Waals surface area contributed by atoms with E-state index in [1.54, 1.807) is 30.6 Å². The standard InChI is InChI=1S/C21H21BN4O3/c1-26-21(28)25-19-5-4-15(10-18(19)22(26)29)17(11-23)20(27)9-13-2-3-16-12-24-7-6-14(16)8-13/h2-8,10,12,17,29H,9,11,23H2,1H3,(H,25,28). The van der Waals surface area contributed by atoms with Gasteiger partial charge in [-0.2, -0.15) is 0 Å². The summed E-state index contributed by atoms with van der Waals surface area (Å²) < 4.78 is 0. The normalized spacial score (nSPS) is 14.5. The highest BCUT2D eigenvalue weighted by molar-refractivity contribution is 6.69. The Morgan fingerprint density at radius 3 is 2.86 bits per heavy atom. The third-order valence-corrected chi connectivity index (χ3v) is 5.39. The van der Waals surface area contributed by atoms with Crippen molar-refractivity contribution in [3.8, 4) is 0 Å². The first kappa shape index (κ1) is 19.1. The summed E-state index contributed by atoms with van der Waals surface area (Å²) in [5, 5.41) is 15.2. The van der Waals surface area contributed by atoms with Crippen molar-refractivity contribution in [1.82, 2.24) is 9.79 Å². The van der Waals surface area contributed by atoms with Crippen LogP contribution in [-0.2, 0) is 11.2 Å². The predicted molar refractivity (Wildman–Crippen MR) is 113 cm³/mol. The summed E-state index contributed by atoms with van der Waals surface area (Å²) in [6, 6.07) is 12.6. The fraction of sp³-hybridized carbons (Fsp3) is 0.190. The summed E-state index contributed by atoms with van der Waals surface area (Å²) in [7, 11) is 0.442. The highest BCUT2D eigenvalue weighted by Gasteiger charge is 2.34. The van der Waals surface area contributed by atoms with E-state index in [1.807, 2.05) is 24.3 Å². The summed E-state index contributed by atoms with van der Waals surface area (Å²) in [5.41, 5.74) is 8.67. The molecule has 0 radical (unpaired) electrons. The molecule has 0 saturated carbocycles. The first-order chi connectivity index (χ1) is 14.0. The molecule has 1 aromatic heterocycles. The number of urea groups is 1. The lowest BCUT2D eigenvalue weighted by atomic mass is 9.68. The zero-order valence-corrected chi connectivity index (χ0v) is 16.0. The molecule has 0 spiro atoms. The molecule has 0 bridgehead atoms. The van der Waals surface area contributed by atoms with E-state index >= 15 is 0 Å². The molecule has 7 nitrogen and oxygen atoms in total. The van der Waals surface area contributed by atoms with Gasteiger partial charge >= 0.3 is 13.1 Å². The minimum Gasteiger partial charge on any atom is -0.428 e. The molecular weight excluding hydrogens is 367 g/mol. The van der Waals surface area contributed by atoms with Crippen molar-refractivity contribution in [2.75, 3.05) is 18.9 Å². The van der Waals surface area contributed by atoms with Crippen molar-refractivity contribution in [3.63, 3.8) is 0 Å². The van der Waals surface area contributed by atoms with Crippen LogP contribution >= 0.6 is 0 Å². The summed E-state index contributed by atoms with van der Waals surface area (Å²) in [6.45, 7) is 0.160. The maximum Gasteiger partial charge on any atom is 0.454 e. The Morgan fingerprint density at radius 1 is 1.24 bits per heavy atom. The highest BCUT2D eigenvalue weighted by atomic mass is 16.2. The number of anilines is 1. The number of ketones is 1. The van der Waals surface area contributed by atoms with Gasteiger partial charge in [0.15, 0.2) is 0 Å². The minimum absolute atomic E-state index is 0.00328. The number of carbonyl (C=O) groups is 2. The van der Waals surface area contributed by atoms with Crippen LogP contribution in [0.4, 0.5) is 10.5 Å². The van der Waals surface area contributed by atoms with Crippen LogP contribution in [0.1, 0.15) is 17.0 Å². The lowest BCUT2D eigenvalue weighted by Crippen LogP contribution is -2.56. The molecule has 0 saturated heterocycles. The number of hydrogen-bond donors (Lipinski definition) is 3. The first-order valence-electron chi connectivity index (χ1n) is 9.39. The van der Waals surface area contributed by atoms with Crippen LogP contribution in [0.5, 0.6) is 0 Å². The predicted octanol–water partition coefficient (Wildman–Crippen LogP) is 1.25. The van der Waals surface area contributed by atoms with Gasteiger partial charge in [-0.3, -0.25) is 9.78 Å². The number of rotatable bonds is 5. The van der Waals surface area contributed by atoms with Gasteiger partial charge in [-0.05, 0) is 34.1 Å². The van der Waals surface area contributed by atoms with Gasteiger partial charge in [-0.1, -0.05) is 30.3 Å². The van der Waals surface area contributed by atoms with Crippen molar-refractivity contribution in [2.45, 2.75) is 12.3 Å². The lowest BCUT2D eigenvalue weighted by Gasteiger charge is -2.29. The highest BCUT2D eigenvalue weighted by Crippen LogP contribution is 2.23. The minimum atomic E-state index is -1.07. The van der Waals surface area contributed by atoms with Crippen molar-refractivity contribution in [3.05, 3.63) is 66.0 Å². The Kier molecular flexibility index (Phi) is 5.04. The van der Waals surface area contributed by atoms with Crippen LogP contribution in [0.3, 0.4) is 0 Å². The molecule has 4 rings (SSSR count). The number of hydrogen-bond acceptors (Lipinski definition) is 5. The van der Waals surface area contributed by atoms with Crippen molar-refractivity contribution in [2.24, 2.45) is 5.73 Å². The van der Waals surface area contributed by atoms with Gasteiger partial charge in [0.05, 0.1) is 5.92 Å². The van der Waals surface area contributed by atoms with Gasteiger partial charge in [0.2, 0.25) is 0 Å². The number of nitrogens with zero attached hydrogens (tertiary/aromatic N) is 2. The number of fused-ring (bicyclic) bond motifs is 2. The fourth-order valence-electron chi connectivity index (χ4n) is 3.67. The number of nitrogens with two attached hydrogens (primary N) is 1. The van der Waals surface area contributed by atoms with Crippen LogP contribution in [0.25, 0.3) is 10.8 Å². The molecule has 29 heavy (non-hydrogen) atoms. The van der Waals surface area contributed by atoms with Crippen molar-refractivity contribution >= 4 is 40.8 Å². The topological polar surface area (TPSA) is 109 Å². The molecule has 8 heteroatoms. The quantitative estimate of drug-likeness (QED) is 0.571. The molecule has 146 valence electrons. The Balaban J connectivity index is 1.59. The molecule has 3 aromatic rings. The monoisotopic (exact) mass is 388 g/mol. The molecule has 0 aliphatic carbocycles. The van der Waals surface area contributed by atoms with E-state index in [4.69, 9.17) is 5.73 Å². The SMILES string of the molecule is CN1B(O)c2cc(C(CN)C(=O)Cc3ccc4cnccc4c3)ccc2NC1=O. The average molecular weight is 388 g/mol. The van der Waals surface area contributed by atoms with Gasteiger partial charge in [-0.15, -0.1) is 0 Å². The summed E-state index contributed by atoms with van der Waals surface area (Å²) >= 11 is 0. The largest absolute Gasteiger partial charge is 0.454 e. The fourth-order valence-corrected chi connectivity index (χ4v) is 3.67. The van der Waals surface area contributed by atoms with Crippen LogP contribution in [0.15, 0.2) is 54.9 Å². The van der Waals surface area contributed by atoms with E-state index in [2.05, 4.69) is 10.3 Å². The second-order valence-electron chi connectivity index (χ2n) is 7.25. The number of Topliss-reactive ketones (excluding diaryl/α,β-unsaturated/α-hetero) is 1. The zero-order valence-electron chi connectivity index (χ0n) is 16.0. The lowest BCUT2D eigenvalue weighted by molar-refractivity contribution is -0.119. The molecule has 0 fully saturated rings. The van der Waals surface area contributed by atoms with Crippen LogP contribution in [-0.4, -0.2) is 47.3 Å². The van der Waals surface area contributed by atoms with Crippen molar-refractivity contribution < 1.29 is 14.6 Å². The maximum absolute atomic E-state index is 13.0. The molecular formula is C21H21BN4O3. The Labute approximate surface area is 168 Å². The Morgan fingerprint density at radius 2 is 2.07 bits per heavy atom. The first-order valence-corrected chi connectivity index (χ1v) is 9.39. The molecule has 2 amide bonds. The molecule has 1 unspecified atom stereocenters. The molecule has 1 aliphatic rings. The van der Waals surface area contributed by atoms with Gasteiger partial charge in [-0.25, -0.2) is 4.79 Å². The van der Waals surface area contributed by atoms with E-state index in [-0.39, 0.29) is 24.8 Å². The van der Waals surface area contributed by atoms with E-state index in [0.29, 0.717) is 11.2 Å². The Bertz CT molecular complexity index is 1100. The van der Waals surface area contributed by atoms with E-state index in [1.165, 1.54) is 11.9 Å². The number of benzene rings is 2. The maximum atomic E-state index is 13.0. The van der Waals surface area contributed by atoms with Crippen LogP contribution < -0.4 is 16.5 Å². The Hall–Kier alpha value is -3.23. The molecule has 4 N–H and O–H groups in total. The zero-order chi connectivity index (χ0) is 20.5. The van der Waals surface area contributed by atoms with Crippen molar-refractivity contribution in [1.29, 1.82) is 0 Å². The molecule has 1 atom stereocenters. The third kappa shape index (κ3) is 3.60.